The standard InChI is InChI=1S/C14H15N3O3/c1-2-20-13-9-15-8-12(17-13)16-7-10-3-5-11(6-4-10)14(18)19/h3-6,8-9H,2,7H2,1H3,(H,16,17)(H,18,19). The fraction of sp³-hybridized carbons (Fsp3) is 0.214. The molecule has 0 aliphatic heterocycles. The van der Waals surface area contributed by atoms with Crippen molar-refractivity contribution in [2.75, 3.05) is 11.9 Å². The van der Waals surface area contributed by atoms with Crippen molar-refractivity contribution in [1.82, 2.24) is 9.97 Å². The van der Waals surface area contributed by atoms with Gasteiger partial charge in [-0.05, 0) is 24.6 Å². The highest BCUT2D eigenvalue weighted by Crippen LogP contribution is 2.11. The van der Waals surface area contributed by atoms with E-state index in [1.807, 2.05) is 6.92 Å². The highest BCUT2D eigenvalue weighted by Gasteiger charge is 2.02. The average Bonchev–Trinajstić information content (AvgIpc) is 2.46. The van der Waals surface area contributed by atoms with Crippen molar-refractivity contribution in [3.63, 3.8) is 0 Å². The van der Waals surface area contributed by atoms with Gasteiger partial charge >= 0.3 is 5.97 Å². The van der Waals surface area contributed by atoms with Gasteiger partial charge in [-0.25, -0.2) is 4.79 Å². The number of aromatic carboxylic acids is 1. The molecule has 6 heteroatoms. The van der Waals surface area contributed by atoms with Crippen molar-refractivity contribution in [2.45, 2.75) is 13.5 Å². The Morgan fingerprint density at radius 1 is 1.30 bits per heavy atom. The van der Waals surface area contributed by atoms with Gasteiger partial charge < -0.3 is 15.2 Å². The Kier molecular flexibility index (Phi) is 4.49. The van der Waals surface area contributed by atoms with Crippen molar-refractivity contribution < 1.29 is 14.6 Å². The van der Waals surface area contributed by atoms with E-state index in [-0.39, 0.29) is 5.56 Å². The van der Waals surface area contributed by atoms with E-state index in [0.29, 0.717) is 24.8 Å². The lowest BCUT2D eigenvalue weighted by Gasteiger charge is -2.07. The van der Waals surface area contributed by atoms with Crippen molar-refractivity contribution in [1.29, 1.82) is 0 Å². The summed E-state index contributed by atoms with van der Waals surface area (Å²) >= 11 is 0. The van der Waals surface area contributed by atoms with Gasteiger partial charge in [0.15, 0.2) is 0 Å². The van der Waals surface area contributed by atoms with E-state index in [2.05, 4.69) is 15.3 Å². The Balaban J connectivity index is 1.97. The normalized spacial score (nSPS) is 10.1. The fourth-order valence-corrected chi connectivity index (χ4v) is 1.61. The Morgan fingerprint density at radius 2 is 2.05 bits per heavy atom. The van der Waals surface area contributed by atoms with Gasteiger partial charge in [0.1, 0.15) is 5.82 Å². The Bertz CT molecular complexity index is 584. The van der Waals surface area contributed by atoms with Crippen LogP contribution in [0.25, 0.3) is 0 Å². The van der Waals surface area contributed by atoms with Gasteiger partial charge in [-0.15, -0.1) is 0 Å². The molecule has 1 aromatic heterocycles. The summed E-state index contributed by atoms with van der Waals surface area (Å²) in [5, 5.41) is 11.9. The van der Waals surface area contributed by atoms with E-state index in [9.17, 15) is 4.79 Å². The number of carboxylic acids is 1. The fourth-order valence-electron chi connectivity index (χ4n) is 1.61. The first kappa shape index (κ1) is 13.8. The zero-order valence-electron chi connectivity index (χ0n) is 11.0. The summed E-state index contributed by atoms with van der Waals surface area (Å²) < 4.78 is 5.26. The predicted octanol–water partition coefficient (Wildman–Crippen LogP) is 2.19. The number of aromatic nitrogens is 2. The summed E-state index contributed by atoms with van der Waals surface area (Å²) in [7, 11) is 0. The van der Waals surface area contributed by atoms with Gasteiger partial charge in [0.05, 0.1) is 24.6 Å². The third-order valence-electron chi connectivity index (χ3n) is 2.58. The van der Waals surface area contributed by atoms with Crippen molar-refractivity contribution in [3.8, 4) is 5.88 Å². The number of rotatable bonds is 6. The number of hydrogen-bond donors (Lipinski definition) is 2. The molecule has 0 unspecified atom stereocenters. The third kappa shape index (κ3) is 3.68. The summed E-state index contributed by atoms with van der Waals surface area (Å²) in [6.07, 6.45) is 3.16. The lowest BCUT2D eigenvalue weighted by atomic mass is 10.1. The molecule has 0 amide bonds. The van der Waals surface area contributed by atoms with Crippen LogP contribution in [0.4, 0.5) is 5.82 Å². The van der Waals surface area contributed by atoms with Crippen molar-refractivity contribution in [3.05, 3.63) is 47.8 Å². The molecule has 6 nitrogen and oxygen atoms in total. The van der Waals surface area contributed by atoms with Gasteiger partial charge in [-0.3, -0.25) is 4.98 Å². The predicted molar refractivity (Wildman–Crippen MR) is 73.9 cm³/mol. The first-order valence-corrected chi connectivity index (χ1v) is 6.20. The van der Waals surface area contributed by atoms with Gasteiger partial charge in [0.25, 0.3) is 0 Å². The SMILES string of the molecule is CCOc1cncc(NCc2ccc(C(=O)O)cc2)n1. The van der Waals surface area contributed by atoms with E-state index in [4.69, 9.17) is 9.84 Å². The van der Waals surface area contributed by atoms with E-state index >= 15 is 0 Å². The van der Waals surface area contributed by atoms with Crippen LogP contribution in [-0.2, 0) is 6.54 Å². The van der Waals surface area contributed by atoms with E-state index in [1.165, 1.54) is 0 Å². The number of hydrogen-bond acceptors (Lipinski definition) is 5. The first-order chi connectivity index (χ1) is 9.69. The molecule has 0 aliphatic rings. The van der Waals surface area contributed by atoms with Crippen LogP contribution in [0.1, 0.15) is 22.8 Å². The molecule has 0 aliphatic carbocycles. The molecule has 0 saturated carbocycles. The van der Waals surface area contributed by atoms with E-state index in [1.54, 1.807) is 36.7 Å². The van der Waals surface area contributed by atoms with Crippen LogP contribution in [0.2, 0.25) is 0 Å². The highest BCUT2D eigenvalue weighted by molar-refractivity contribution is 5.87. The lowest BCUT2D eigenvalue weighted by Crippen LogP contribution is -2.04. The summed E-state index contributed by atoms with van der Waals surface area (Å²) in [5.74, 6) is 0.150. The second-order valence-corrected chi connectivity index (χ2v) is 4.03. The Labute approximate surface area is 116 Å². The number of nitrogens with zero attached hydrogens (tertiary/aromatic N) is 2. The molecule has 0 radical (unpaired) electrons. The molecule has 1 heterocycles. The summed E-state index contributed by atoms with van der Waals surface area (Å²) in [6, 6.07) is 6.66. The summed E-state index contributed by atoms with van der Waals surface area (Å²) in [6.45, 7) is 2.95. The Morgan fingerprint density at radius 3 is 2.70 bits per heavy atom. The molecular weight excluding hydrogens is 258 g/mol. The molecule has 1 aromatic carbocycles. The van der Waals surface area contributed by atoms with Crippen LogP contribution >= 0.6 is 0 Å². The van der Waals surface area contributed by atoms with E-state index < -0.39 is 5.97 Å². The number of nitrogens with one attached hydrogen (secondary N) is 1. The lowest BCUT2D eigenvalue weighted by molar-refractivity contribution is 0.0697. The molecule has 2 aromatic rings. The molecule has 0 atom stereocenters. The molecule has 2 rings (SSSR count). The van der Waals surface area contributed by atoms with Crippen LogP contribution < -0.4 is 10.1 Å². The molecular formula is C14H15N3O3. The highest BCUT2D eigenvalue weighted by atomic mass is 16.5. The second-order valence-electron chi connectivity index (χ2n) is 4.03. The van der Waals surface area contributed by atoms with Crippen molar-refractivity contribution in [2.24, 2.45) is 0 Å². The third-order valence-corrected chi connectivity index (χ3v) is 2.58. The maximum atomic E-state index is 10.7. The number of benzene rings is 1. The number of anilines is 1. The quantitative estimate of drug-likeness (QED) is 0.839. The maximum Gasteiger partial charge on any atom is 0.335 e. The zero-order valence-corrected chi connectivity index (χ0v) is 11.0. The number of carboxylic acid groups (broad SMARTS) is 1. The molecule has 0 spiro atoms. The minimum Gasteiger partial charge on any atom is -0.478 e. The molecule has 20 heavy (non-hydrogen) atoms. The van der Waals surface area contributed by atoms with Crippen LogP contribution in [-0.4, -0.2) is 27.7 Å². The average molecular weight is 273 g/mol. The van der Waals surface area contributed by atoms with Crippen LogP contribution in [0.5, 0.6) is 5.88 Å². The van der Waals surface area contributed by atoms with Crippen LogP contribution in [0, 0.1) is 0 Å². The Hall–Kier alpha value is -2.63. The molecule has 0 bridgehead atoms. The van der Waals surface area contributed by atoms with Crippen LogP contribution in [0.3, 0.4) is 0 Å². The van der Waals surface area contributed by atoms with Gasteiger partial charge in [0, 0.05) is 6.54 Å². The minimum atomic E-state index is -0.931. The molecule has 0 fully saturated rings. The monoisotopic (exact) mass is 273 g/mol. The van der Waals surface area contributed by atoms with Gasteiger partial charge in [0.2, 0.25) is 5.88 Å². The van der Waals surface area contributed by atoms with Crippen LogP contribution in [0.15, 0.2) is 36.7 Å². The largest absolute Gasteiger partial charge is 0.478 e. The number of ether oxygens (including phenoxy) is 1. The molecule has 2 N–H and O–H groups in total. The van der Waals surface area contributed by atoms with Gasteiger partial charge in [-0.2, -0.15) is 4.98 Å². The second kappa shape index (κ2) is 6.51. The molecule has 104 valence electrons. The maximum absolute atomic E-state index is 10.7. The van der Waals surface area contributed by atoms with Crippen molar-refractivity contribution >= 4 is 11.8 Å². The summed E-state index contributed by atoms with van der Waals surface area (Å²) in [5.41, 5.74) is 1.23. The topological polar surface area (TPSA) is 84.3 Å². The minimum absolute atomic E-state index is 0.270. The van der Waals surface area contributed by atoms with E-state index in [0.717, 1.165) is 5.56 Å². The zero-order chi connectivity index (χ0) is 14.4. The smallest absolute Gasteiger partial charge is 0.335 e. The van der Waals surface area contributed by atoms with Gasteiger partial charge in [-0.1, -0.05) is 12.1 Å². The molecule has 0 saturated heterocycles. The first-order valence-electron chi connectivity index (χ1n) is 6.20. The summed E-state index contributed by atoms with van der Waals surface area (Å²) in [4.78, 5) is 19.0. The number of carbonyl (C=O) groups is 1.